The van der Waals surface area contributed by atoms with Gasteiger partial charge in [-0.05, 0) is 24.3 Å². The number of hydrogen-bond donors (Lipinski definition) is 1. The van der Waals surface area contributed by atoms with Crippen LogP contribution in [0.5, 0.6) is 23.0 Å². The van der Waals surface area contributed by atoms with E-state index in [-0.39, 0.29) is 12.4 Å². The molecule has 1 N–H and O–H groups in total. The van der Waals surface area contributed by atoms with Gasteiger partial charge >= 0.3 is 0 Å². The van der Waals surface area contributed by atoms with E-state index < -0.39 is 11.7 Å². The van der Waals surface area contributed by atoms with E-state index >= 15 is 0 Å². The fourth-order valence-corrected chi connectivity index (χ4v) is 2.09. The van der Waals surface area contributed by atoms with E-state index in [0.29, 0.717) is 22.8 Å². The normalized spacial score (nSPS) is 10.5. The Bertz CT molecular complexity index is 770. The van der Waals surface area contributed by atoms with Gasteiger partial charge in [-0.3, -0.25) is 4.79 Å². The lowest BCUT2D eigenvalue weighted by molar-refractivity contribution is -0.123. The molecule has 0 bridgehead atoms. The lowest BCUT2D eigenvalue weighted by atomic mass is 10.2. The highest BCUT2D eigenvalue weighted by Gasteiger charge is 2.12. The van der Waals surface area contributed by atoms with Crippen molar-refractivity contribution in [2.45, 2.75) is 0 Å². The summed E-state index contributed by atoms with van der Waals surface area (Å²) in [5.41, 5.74) is 2.91. The zero-order valence-electron chi connectivity index (χ0n) is 14.6. The molecule has 1 amide bonds. The Kier molecular flexibility index (Phi) is 6.78. The summed E-state index contributed by atoms with van der Waals surface area (Å²) in [6.45, 7) is -0.368. The lowest BCUT2D eigenvalue weighted by Gasteiger charge is -2.12. The van der Waals surface area contributed by atoms with Crippen LogP contribution in [0.2, 0.25) is 0 Å². The van der Waals surface area contributed by atoms with Gasteiger partial charge in [0.2, 0.25) is 5.75 Å². The summed E-state index contributed by atoms with van der Waals surface area (Å²) < 4.78 is 34.2. The van der Waals surface area contributed by atoms with Crippen LogP contribution in [0.3, 0.4) is 0 Å². The second-order valence-electron chi connectivity index (χ2n) is 4.97. The quantitative estimate of drug-likeness (QED) is 0.576. The number of methoxy groups -OCH3 is 3. The fourth-order valence-electron chi connectivity index (χ4n) is 2.09. The maximum atomic E-state index is 13.4. The molecule has 7 nitrogen and oxygen atoms in total. The number of rotatable bonds is 8. The van der Waals surface area contributed by atoms with Crippen LogP contribution in [0.1, 0.15) is 5.56 Å². The number of hydrogen-bond acceptors (Lipinski definition) is 6. The predicted molar refractivity (Wildman–Crippen MR) is 93.7 cm³/mol. The van der Waals surface area contributed by atoms with Crippen molar-refractivity contribution in [3.8, 4) is 23.0 Å². The highest BCUT2D eigenvalue weighted by Crippen LogP contribution is 2.37. The number of ether oxygens (including phenoxy) is 4. The van der Waals surface area contributed by atoms with E-state index in [9.17, 15) is 9.18 Å². The Balaban J connectivity index is 1.97. The van der Waals surface area contributed by atoms with Crippen LogP contribution < -0.4 is 24.4 Å². The van der Waals surface area contributed by atoms with Gasteiger partial charge in [0.05, 0.1) is 27.5 Å². The van der Waals surface area contributed by atoms with E-state index in [4.69, 9.17) is 18.9 Å². The molecule has 0 saturated carbocycles. The number of benzene rings is 2. The minimum atomic E-state index is -0.541. The maximum absolute atomic E-state index is 13.4. The molecule has 0 aliphatic rings. The summed E-state index contributed by atoms with van der Waals surface area (Å²) in [6, 6.07) is 9.17. The summed E-state index contributed by atoms with van der Waals surface area (Å²) in [6.07, 6.45) is 1.41. The highest BCUT2D eigenvalue weighted by atomic mass is 19.1. The van der Waals surface area contributed by atoms with Gasteiger partial charge in [0.25, 0.3) is 5.91 Å². The molecule has 0 heterocycles. The molecule has 0 unspecified atom stereocenters. The molecule has 0 aromatic heterocycles. The second kappa shape index (κ2) is 9.26. The Hall–Kier alpha value is -3.29. The van der Waals surface area contributed by atoms with Gasteiger partial charge in [-0.25, -0.2) is 9.82 Å². The number of amides is 1. The molecule has 26 heavy (non-hydrogen) atoms. The molecule has 2 aromatic carbocycles. The first kappa shape index (κ1) is 19.0. The summed E-state index contributed by atoms with van der Waals surface area (Å²) in [5, 5.41) is 3.83. The average molecular weight is 362 g/mol. The van der Waals surface area contributed by atoms with Crippen molar-refractivity contribution in [3.63, 3.8) is 0 Å². The van der Waals surface area contributed by atoms with Crippen LogP contribution in [0, 0.1) is 5.82 Å². The molecule has 0 spiro atoms. The molecule has 0 fully saturated rings. The smallest absolute Gasteiger partial charge is 0.277 e. The van der Waals surface area contributed by atoms with Gasteiger partial charge in [0.1, 0.15) is 0 Å². The third-order valence-corrected chi connectivity index (χ3v) is 3.29. The van der Waals surface area contributed by atoms with Crippen LogP contribution >= 0.6 is 0 Å². The molecule has 0 atom stereocenters. The Morgan fingerprint density at radius 3 is 2.31 bits per heavy atom. The van der Waals surface area contributed by atoms with E-state index in [0.717, 1.165) is 0 Å². The molecule has 2 rings (SSSR count). The summed E-state index contributed by atoms with van der Waals surface area (Å²) in [7, 11) is 4.50. The van der Waals surface area contributed by atoms with Crippen LogP contribution in [0.15, 0.2) is 41.5 Å². The zero-order chi connectivity index (χ0) is 18.9. The van der Waals surface area contributed by atoms with Crippen molar-refractivity contribution in [2.75, 3.05) is 27.9 Å². The Morgan fingerprint density at radius 1 is 1.08 bits per heavy atom. The number of halogens is 1. The van der Waals surface area contributed by atoms with Crippen LogP contribution in [-0.2, 0) is 4.79 Å². The van der Waals surface area contributed by atoms with Gasteiger partial charge in [-0.15, -0.1) is 0 Å². The van der Waals surface area contributed by atoms with E-state index in [1.165, 1.54) is 45.7 Å². The van der Waals surface area contributed by atoms with Crippen molar-refractivity contribution in [3.05, 3.63) is 47.8 Å². The number of para-hydroxylation sites is 1. The molecule has 2 aromatic rings. The number of hydrazone groups is 1. The standard InChI is InChI=1S/C18H19FN2O5/c1-23-15-8-12(9-16(24-2)18(15)25-3)10-20-21-17(22)11-26-14-7-5-4-6-13(14)19/h4-10H,11H2,1-3H3,(H,21,22)/b20-10+. The predicted octanol–water partition coefficient (Wildman–Crippen LogP) is 2.38. The lowest BCUT2D eigenvalue weighted by Crippen LogP contribution is -2.24. The Morgan fingerprint density at radius 2 is 1.73 bits per heavy atom. The third-order valence-electron chi connectivity index (χ3n) is 3.29. The molecule has 0 radical (unpaired) electrons. The first-order chi connectivity index (χ1) is 12.6. The highest BCUT2D eigenvalue weighted by molar-refractivity contribution is 5.84. The summed E-state index contributed by atoms with van der Waals surface area (Å²) in [4.78, 5) is 11.7. The molecular weight excluding hydrogens is 343 g/mol. The van der Waals surface area contributed by atoms with Crippen LogP contribution in [-0.4, -0.2) is 40.1 Å². The average Bonchev–Trinajstić information content (AvgIpc) is 2.66. The first-order valence-corrected chi connectivity index (χ1v) is 7.58. The molecular formula is C18H19FN2O5. The molecule has 8 heteroatoms. The van der Waals surface area contributed by atoms with E-state index in [1.807, 2.05) is 0 Å². The third kappa shape index (κ3) is 4.85. The van der Waals surface area contributed by atoms with Crippen molar-refractivity contribution in [2.24, 2.45) is 5.10 Å². The topological polar surface area (TPSA) is 78.4 Å². The fraction of sp³-hybridized carbons (Fsp3) is 0.222. The van der Waals surface area contributed by atoms with Gasteiger partial charge in [-0.2, -0.15) is 5.10 Å². The zero-order valence-corrected chi connectivity index (χ0v) is 14.6. The monoisotopic (exact) mass is 362 g/mol. The minimum Gasteiger partial charge on any atom is -0.493 e. The summed E-state index contributed by atoms with van der Waals surface area (Å²) >= 11 is 0. The molecule has 138 valence electrons. The second-order valence-corrected chi connectivity index (χ2v) is 4.97. The summed E-state index contributed by atoms with van der Waals surface area (Å²) in [5.74, 6) is 0.300. The van der Waals surface area contributed by atoms with Gasteiger partial charge in [0.15, 0.2) is 29.7 Å². The van der Waals surface area contributed by atoms with Crippen molar-refractivity contribution >= 4 is 12.1 Å². The molecule has 0 saturated heterocycles. The van der Waals surface area contributed by atoms with Crippen molar-refractivity contribution < 1.29 is 28.1 Å². The van der Waals surface area contributed by atoms with E-state index in [2.05, 4.69) is 10.5 Å². The number of nitrogens with one attached hydrogen (secondary N) is 1. The number of carbonyl (C=O) groups excluding carboxylic acids is 1. The van der Waals surface area contributed by atoms with E-state index in [1.54, 1.807) is 18.2 Å². The minimum absolute atomic E-state index is 0.00347. The van der Waals surface area contributed by atoms with Crippen LogP contribution in [0.25, 0.3) is 0 Å². The van der Waals surface area contributed by atoms with Crippen molar-refractivity contribution in [1.29, 1.82) is 0 Å². The molecule has 0 aliphatic heterocycles. The molecule has 0 aliphatic carbocycles. The number of carbonyl (C=O) groups is 1. The Labute approximate surface area is 150 Å². The SMILES string of the molecule is COc1cc(/C=N/NC(=O)COc2ccccc2F)cc(OC)c1OC. The largest absolute Gasteiger partial charge is 0.493 e. The number of nitrogens with zero attached hydrogens (tertiary/aromatic N) is 1. The van der Waals surface area contributed by atoms with Crippen LogP contribution in [0.4, 0.5) is 4.39 Å². The van der Waals surface area contributed by atoms with Gasteiger partial charge < -0.3 is 18.9 Å². The van der Waals surface area contributed by atoms with Gasteiger partial charge in [0, 0.05) is 5.56 Å². The van der Waals surface area contributed by atoms with Crippen molar-refractivity contribution in [1.82, 2.24) is 5.43 Å². The van der Waals surface area contributed by atoms with Gasteiger partial charge in [-0.1, -0.05) is 12.1 Å². The first-order valence-electron chi connectivity index (χ1n) is 7.58. The maximum Gasteiger partial charge on any atom is 0.277 e.